The molecule has 0 unspecified atom stereocenters. The minimum absolute atomic E-state index is 0.0898. The molecule has 0 spiro atoms. The fraction of sp³-hybridized carbons (Fsp3) is 0.800. The summed E-state index contributed by atoms with van der Waals surface area (Å²) in [5, 5.41) is 11.9. The summed E-state index contributed by atoms with van der Waals surface area (Å²) in [6.45, 7) is 11.1. The standard InChI is InChI=1S/C20H33N5O6S/c1-8-11(9-21)22-16(26)14-13-12(20(13,5)6)10-25(14)17(27)15(19(2,3)4)23-32(29,30)24-18(28)31-7/h11-15,23H,8,10H2,1-7H3,(H,22,26)(H,24,28)/t11-,12-,13-,14-,15+/m0/s1. The highest BCUT2D eigenvalue weighted by molar-refractivity contribution is 7.88. The highest BCUT2D eigenvalue weighted by atomic mass is 32.2. The first-order valence-electron chi connectivity index (χ1n) is 10.5. The van der Waals surface area contributed by atoms with Crippen molar-refractivity contribution in [3.63, 3.8) is 0 Å². The Bertz CT molecular complexity index is 920. The SMILES string of the molecule is CC[C@@H](C#N)NC(=O)[C@@H]1[C@@H]2[C@H](CN1C(=O)[C@@H](NS(=O)(=O)NC(=O)OC)C(C)(C)C)C2(C)C. The van der Waals surface area contributed by atoms with Crippen LogP contribution in [0.4, 0.5) is 4.79 Å². The molecule has 0 radical (unpaired) electrons. The molecule has 11 nitrogen and oxygen atoms in total. The lowest BCUT2D eigenvalue weighted by atomic mass is 9.86. The topological polar surface area (TPSA) is 158 Å². The van der Waals surface area contributed by atoms with Crippen LogP contribution in [0, 0.1) is 34.0 Å². The number of rotatable bonds is 7. The fourth-order valence-corrected chi connectivity index (χ4v) is 5.52. The van der Waals surface area contributed by atoms with Crippen LogP contribution < -0.4 is 14.8 Å². The lowest BCUT2D eigenvalue weighted by Gasteiger charge is -2.37. The Morgan fingerprint density at radius 2 is 1.88 bits per heavy atom. The first-order valence-corrected chi connectivity index (χ1v) is 12.0. The second kappa shape index (κ2) is 8.86. The number of nitrogens with zero attached hydrogens (tertiary/aromatic N) is 2. The highest BCUT2D eigenvalue weighted by Crippen LogP contribution is 2.65. The third-order valence-corrected chi connectivity index (χ3v) is 7.41. The summed E-state index contributed by atoms with van der Waals surface area (Å²) in [6, 6.07) is -0.721. The number of amides is 3. The molecule has 2 fully saturated rings. The van der Waals surface area contributed by atoms with E-state index in [0.29, 0.717) is 13.0 Å². The molecule has 0 aromatic heterocycles. The van der Waals surface area contributed by atoms with Crippen LogP contribution in [0.1, 0.15) is 48.0 Å². The van der Waals surface area contributed by atoms with Crippen molar-refractivity contribution in [3.05, 3.63) is 0 Å². The van der Waals surface area contributed by atoms with Gasteiger partial charge in [-0.25, -0.2) is 9.52 Å². The summed E-state index contributed by atoms with van der Waals surface area (Å²) in [5.74, 6) is -0.989. The van der Waals surface area contributed by atoms with Crippen LogP contribution in [0.2, 0.25) is 0 Å². The predicted octanol–water partition coefficient (Wildman–Crippen LogP) is 0.493. The number of hydrogen-bond acceptors (Lipinski definition) is 7. The molecule has 3 amide bonds. The van der Waals surface area contributed by atoms with Gasteiger partial charge in [0.1, 0.15) is 18.1 Å². The molecule has 1 saturated heterocycles. The number of methoxy groups -OCH3 is 1. The van der Waals surface area contributed by atoms with Crippen LogP contribution in [0.25, 0.3) is 0 Å². The monoisotopic (exact) mass is 471 g/mol. The van der Waals surface area contributed by atoms with Crippen LogP contribution >= 0.6 is 0 Å². The zero-order valence-electron chi connectivity index (χ0n) is 19.6. The van der Waals surface area contributed by atoms with Gasteiger partial charge in [0.15, 0.2) is 0 Å². The first-order chi connectivity index (χ1) is 14.6. The summed E-state index contributed by atoms with van der Waals surface area (Å²) < 4.78 is 33.0. The van der Waals surface area contributed by atoms with Crippen LogP contribution in [-0.2, 0) is 24.5 Å². The zero-order valence-corrected chi connectivity index (χ0v) is 20.4. The maximum absolute atomic E-state index is 13.6. The van der Waals surface area contributed by atoms with Crippen LogP contribution in [0.5, 0.6) is 0 Å². The van der Waals surface area contributed by atoms with Gasteiger partial charge < -0.3 is 15.0 Å². The van der Waals surface area contributed by atoms with E-state index in [9.17, 15) is 28.1 Å². The van der Waals surface area contributed by atoms with E-state index in [0.717, 1.165) is 7.11 Å². The molecule has 5 atom stereocenters. The van der Waals surface area contributed by atoms with Gasteiger partial charge in [0.25, 0.3) is 0 Å². The Morgan fingerprint density at radius 3 is 2.34 bits per heavy atom. The zero-order chi connectivity index (χ0) is 24.6. The van der Waals surface area contributed by atoms with Gasteiger partial charge in [0, 0.05) is 6.54 Å². The summed E-state index contributed by atoms with van der Waals surface area (Å²) in [5.41, 5.74) is -1.01. The Balaban J connectivity index is 2.32. The lowest BCUT2D eigenvalue weighted by Crippen LogP contribution is -2.61. The first kappa shape index (κ1) is 25.9. The highest BCUT2D eigenvalue weighted by Gasteiger charge is 2.69. The third-order valence-electron chi connectivity index (χ3n) is 6.43. The van der Waals surface area contributed by atoms with Crippen LogP contribution in [-0.4, -0.2) is 63.0 Å². The number of nitrogens with one attached hydrogen (secondary N) is 3. The van der Waals surface area contributed by atoms with Crippen molar-refractivity contribution in [2.24, 2.45) is 22.7 Å². The normalized spacial score (nSPS) is 25.7. The predicted molar refractivity (Wildman–Crippen MR) is 115 cm³/mol. The van der Waals surface area contributed by atoms with Crippen molar-refractivity contribution in [2.75, 3.05) is 13.7 Å². The number of carbonyl (C=O) groups is 3. The molecular weight excluding hydrogens is 438 g/mol. The van der Waals surface area contributed by atoms with Crippen molar-refractivity contribution in [1.29, 1.82) is 5.26 Å². The van der Waals surface area contributed by atoms with Gasteiger partial charge in [-0.3, -0.25) is 9.59 Å². The molecule has 0 aromatic carbocycles. The number of piperidine rings is 1. The molecule has 1 aliphatic carbocycles. The van der Waals surface area contributed by atoms with Gasteiger partial charge in [-0.15, -0.1) is 0 Å². The van der Waals surface area contributed by atoms with E-state index in [2.05, 4.69) is 14.8 Å². The van der Waals surface area contributed by atoms with E-state index in [-0.39, 0.29) is 17.3 Å². The summed E-state index contributed by atoms with van der Waals surface area (Å²) in [6.07, 6.45) is -0.773. The Hall–Kier alpha value is -2.39. The molecule has 0 bridgehead atoms. The molecule has 2 aliphatic rings. The number of hydrogen-bond donors (Lipinski definition) is 3. The van der Waals surface area contributed by atoms with Gasteiger partial charge in [0.05, 0.1) is 13.2 Å². The van der Waals surface area contributed by atoms with E-state index >= 15 is 0 Å². The second-order valence-electron chi connectivity index (χ2n) is 10.0. The Kier molecular flexibility index (Phi) is 7.16. The number of nitriles is 1. The van der Waals surface area contributed by atoms with E-state index in [4.69, 9.17) is 0 Å². The van der Waals surface area contributed by atoms with Gasteiger partial charge in [-0.2, -0.15) is 18.4 Å². The second-order valence-corrected chi connectivity index (χ2v) is 11.4. The molecule has 12 heteroatoms. The Labute approximate surface area is 189 Å². The quantitative estimate of drug-likeness (QED) is 0.487. The molecule has 180 valence electrons. The summed E-state index contributed by atoms with van der Waals surface area (Å²) in [7, 11) is -3.39. The van der Waals surface area contributed by atoms with Crippen molar-refractivity contribution in [2.45, 2.75) is 66.1 Å². The number of fused-ring (bicyclic) bond motifs is 1. The molecule has 32 heavy (non-hydrogen) atoms. The average Bonchev–Trinajstić information content (AvgIpc) is 3.03. The molecule has 1 heterocycles. The average molecular weight is 472 g/mol. The number of carbonyl (C=O) groups excluding carboxylic acids is 3. The number of ether oxygens (including phenoxy) is 1. The van der Waals surface area contributed by atoms with E-state index in [1.165, 1.54) is 4.90 Å². The fourth-order valence-electron chi connectivity index (χ4n) is 4.40. The molecule has 3 N–H and O–H groups in total. The largest absolute Gasteiger partial charge is 0.452 e. The van der Waals surface area contributed by atoms with E-state index < -0.39 is 51.7 Å². The summed E-state index contributed by atoms with van der Waals surface area (Å²) in [4.78, 5) is 39.4. The molecular formula is C20H33N5O6S. The van der Waals surface area contributed by atoms with Crippen molar-refractivity contribution in [1.82, 2.24) is 19.7 Å². The van der Waals surface area contributed by atoms with Gasteiger partial charge in [-0.05, 0) is 29.1 Å². The lowest BCUT2D eigenvalue weighted by molar-refractivity contribution is -0.143. The van der Waals surface area contributed by atoms with Gasteiger partial charge >= 0.3 is 16.3 Å². The van der Waals surface area contributed by atoms with Crippen molar-refractivity contribution in [3.8, 4) is 6.07 Å². The summed E-state index contributed by atoms with van der Waals surface area (Å²) >= 11 is 0. The maximum atomic E-state index is 13.6. The number of likely N-dealkylation sites (tertiary alicyclic amines) is 1. The van der Waals surface area contributed by atoms with Crippen molar-refractivity contribution >= 4 is 28.1 Å². The minimum atomic E-state index is -4.41. The van der Waals surface area contributed by atoms with Crippen molar-refractivity contribution < 1.29 is 27.5 Å². The van der Waals surface area contributed by atoms with E-state index in [1.807, 2.05) is 19.9 Å². The van der Waals surface area contributed by atoms with E-state index in [1.54, 1.807) is 32.4 Å². The molecule has 1 aliphatic heterocycles. The Morgan fingerprint density at radius 1 is 1.28 bits per heavy atom. The van der Waals surface area contributed by atoms with Crippen LogP contribution in [0.3, 0.4) is 0 Å². The smallest absolute Gasteiger partial charge is 0.421 e. The molecule has 0 aromatic rings. The maximum Gasteiger partial charge on any atom is 0.421 e. The minimum Gasteiger partial charge on any atom is -0.452 e. The van der Waals surface area contributed by atoms with Gasteiger partial charge in [0.2, 0.25) is 11.8 Å². The van der Waals surface area contributed by atoms with Crippen LogP contribution in [0.15, 0.2) is 0 Å². The molecule has 2 rings (SSSR count). The van der Waals surface area contributed by atoms with Gasteiger partial charge in [-0.1, -0.05) is 41.5 Å². The third kappa shape index (κ3) is 5.15. The molecule has 1 saturated carbocycles.